The zero-order valence-electron chi connectivity index (χ0n) is 23.7. The number of rotatable bonds is 9. The van der Waals surface area contributed by atoms with Gasteiger partial charge in [-0.3, -0.25) is 19.2 Å². The van der Waals surface area contributed by atoms with E-state index in [4.69, 9.17) is 0 Å². The maximum absolute atomic E-state index is 15.3. The first-order chi connectivity index (χ1) is 19.1. The van der Waals surface area contributed by atoms with Crippen molar-refractivity contribution in [2.24, 2.45) is 5.41 Å². The number of aliphatic hydroxyl groups is 1. The van der Waals surface area contributed by atoms with Crippen LogP contribution in [0, 0.1) is 12.3 Å². The van der Waals surface area contributed by atoms with Gasteiger partial charge in [0.2, 0.25) is 11.8 Å². The summed E-state index contributed by atoms with van der Waals surface area (Å²) in [5.41, 5.74) is 1.18. The van der Waals surface area contributed by atoms with E-state index in [-0.39, 0.29) is 25.0 Å². The minimum absolute atomic E-state index is 0.0479. The van der Waals surface area contributed by atoms with E-state index in [9.17, 15) is 28.7 Å². The number of thiazole rings is 1. The number of likely N-dealkylation sites (tertiary alicyclic amines) is 1. The van der Waals surface area contributed by atoms with Gasteiger partial charge in [-0.1, -0.05) is 45.0 Å². The van der Waals surface area contributed by atoms with Crippen LogP contribution in [-0.2, 0) is 19.2 Å². The molecule has 1 aromatic heterocycles. The standard InChI is InChI=1S/C29H36F2N4O5S/c1-15(36)12-19(17-6-8-18(9-7-17)23-16(2)32-14-41-23)33-25(38)22-21(30)20(37)13-35(22)26(39)24(28(3,4)5)34-27(40)29(31)10-11-29/h6-9,14,19-22,24,37H,10-13H2,1-5H3,(H,33,38)(H,34,40)/t19-,20-,21-,22-,24+/m0/s1. The lowest BCUT2D eigenvalue weighted by molar-refractivity contribution is -0.146. The molecule has 222 valence electrons. The third-order valence-corrected chi connectivity index (χ3v) is 8.53. The Bertz CT molecular complexity index is 1320. The molecule has 4 rings (SSSR count). The summed E-state index contributed by atoms with van der Waals surface area (Å²) < 4.78 is 29.7. The van der Waals surface area contributed by atoms with Crippen LogP contribution in [0.3, 0.4) is 0 Å². The van der Waals surface area contributed by atoms with E-state index in [1.54, 1.807) is 38.4 Å². The molecule has 9 nitrogen and oxygen atoms in total. The molecule has 12 heteroatoms. The molecular formula is C29H36F2N4O5S. The molecule has 0 bridgehead atoms. The Hall–Kier alpha value is -3.25. The van der Waals surface area contributed by atoms with Crippen LogP contribution in [0.25, 0.3) is 10.4 Å². The van der Waals surface area contributed by atoms with Crippen LogP contribution < -0.4 is 10.6 Å². The number of halogens is 2. The number of carbonyl (C=O) groups is 4. The predicted molar refractivity (Wildman–Crippen MR) is 149 cm³/mol. The molecule has 2 fully saturated rings. The quantitative estimate of drug-likeness (QED) is 0.412. The Kier molecular flexibility index (Phi) is 8.65. The van der Waals surface area contributed by atoms with Gasteiger partial charge in [0.1, 0.15) is 24.0 Å². The molecule has 2 aromatic rings. The first kappa shape index (κ1) is 30.7. The summed E-state index contributed by atoms with van der Waals surface area (Å²) in [6, 6.07) is 3.40. The zero-order chi connectivity index (χ0) is 30.3. The summed E-state index contributed by atoms with van der Waals surface area (Å²) in [7, 11) is 0. The first-order valence-electron chi connectivity index (χ1n) is 13.5. The molecule has 1 aliphatic carbocycles. The van der Waals surface area contributed by atoms with Crippen LogP contribution in [0.2, 0.25) is 0 Å². The van der Waals surface area contributed by atoms with Crippen LogP contribution in [-0.4, -0.2) is 75.1 Å². The Morgan fingerprint density at radius 3 is 2.32 bits per heavy atom. The number of nitrogens with zero attached hydrogens (tertiary/aromatic N) is 2. The van der Waals surface area contributed by atoms with Gasteiger partial charge in [0.05, 0.1) is 28.7 Å². The molecule has 1 saturated carbocycles. The van der Waals surface area contributed by atoms with Crippen molar-refractivity contribution >= 4 is 34.8 Å². The van der Waals surface area contributed by atoms with E-state index < -0.39 is 65.8 Å². The van der Waals surface area contributed by atoms with Gasteiger partial charge >= 0.3 is 0 Å². The van der Waals surface area contributed by atoms with Gasteiger partial charge in [-0.25, -0.2) is 13.8 Å². The molecule has 3 amide bonds. The van der Waals surface area contributed by atoms with Gasteiger partial charge in [0.25, 0.3) is 5.91 Å². The van der Waals surface area contributed by atoms with Gasteiger partial charge in [0, 0.05) is 6.42 Å². The van der Waals surface area contributed by atoms with Crippen LogP contribution in [0.15, 0.2) is 29.8 Å². The number of Topliss-reactive ketones (excluding diaryl/α,β-unsaturated/α-hetero) is 1. The number of hydrogen-bond acceptors (Lipinski definition) is 7. The number of carbonyl (C=O) groups excluding carboxylic acids is 4. The minimum atomic E-state index is -2.11. The average Bonchev–Trinajstić information content (AvgIpc) is 3.38. The molecule has 0 spiro atoms. The fourth-order valence-corrected chi connectivity index (χ4v) is 5.78. The van der Waals surface area contributed by atoms with Crippen molar-refractivity contribution in [3.63, 3.8) is 0 Å². The highest BCUT2D eigenvalue weighted by molar-refractivity contribution is 7.13. The lowest BCUT2D eigenvalue weighted by Crippen LogP contribution is -2.60. The average molecular weight is 591 g/mol. The molecule has 41 heavy (non-hydrogen) atoms. The SMILES string of the molecule is CC(=O)C[C@H](NC(=O)[C@@H]1[C@@H](F)[C@@H](O)CN1C(=O)[C@@H](NC(=O)C1(F)CC1)C(C)(C)C)c1ccc(-c2scnc2C)cc1. The van der Waals surface area contributed by atoms with Crippen molar-refractivity contribution < 1.29 is 33.1 Å². The number of amides is 3. The summed E-state index contributed by atoms with van der Waals surface area (Å²) in [6.45, 7) is 7.75. The summed E-state index contributed by atoms with van der Waals surface area (Å²) in [6.07, 6.45) is -3.74. The monoisotopic (exact) mass is 590 g/mol. The Labute approximate surface area is 241 Å². The van der Waals surface area contributed by atoms with E-state index in [1.807, 2.05) is 19.1 Å². The topological polar surface area (TPSA) is 129 Å². The third kappa shape index (κ3) is 6.64. The highest BCUT2D eigenvalue weighted by atomic mass is 32.1. The van der Waals surface area contributed by atoms with E-state index in [1.165, 1.54) is 18.3 Å². The fourth-order valence-electron chi connectivity index (χ4n) is 4.97. The molecule has 1 aliphatic heterocycles. The molecule has 2 aliphatic rings. The van der Waals surface area contributed by atoms with E-state index in [2.05, 4.69) is 15.6 Å². The Morgan fingerprint density at radius 2 is 1.80 bits per heavy atom. The zero-order valence-corrected chi connectivity index (χ0v) is 24.6. The number of alkyl halides is 2. The van der Waals surface area contributed by atoms with Crippen molar-refractivity contribution in [2.75, 3.05) is 6.54 Å². The third-order valence-electron chi connectivity index (χ3n) is 7.55. The van der Waals surface area contributed by atoms with Crippen LogP contribution >= 0.6 is 11.3 Å². The molecule has 5 atom stereocenters. The highest BCUT2D eigenvalue weighted by Crippen LogP contribution is 2.40. The number of aromatic nitrogens is 1. The number of ketones is 1. The van der Waals surface area contributed by atoms with Crippen molar-refractivity contribution in [2.45, 2.75) is 90.0 Å². The summed E-state index contributed by atoms with van der Waals surface area (Å²) in [5.74, 6) is -2.84. The van der Waals surface area contributed by atoms with Crippen molar-refractivity contribution in [3.8, 4) is 10.4 Å². The second-order valence-electron chi connectivity index (χ2n) is 12.0. The Morgan fingerprint density at radius 1 is 1.17 bits per heavy atom. The van der Waals surface area contributed by atoms with Crippen molar-refractivity contribution in [3.05, 3.63) is 41.0 Å². The maximum atomic E-state index is 15.3. The number of aryl methyl sites for hydroxylation is 1. The first-order valence-corrected chi connectivity index (χ1v) is 14.4. The van der Waals surface area contributed by atoms with Crippen LogP contribution in [0.1, 0.15) is 64.3 Å². The summed E-state index contributed by atoms with van der Waals surface area (Å²) >= 11 is 1.49. The molecule has 0 unspecified atom stereocenters. The van der Waals surface area contributed by atoms with Gasteiger partial charge in [-0.2, -0.15) is 0 Å². The number of nitrogens with one attached hydrogen (secondary N) is 2. The normalized spacial score (nSPS) is 23.0. The number of aliphatic hydroxyl groups excluding tert-OH is 1. The van der Waals surface area contributed by atoms with Crippen LogP contribution in [0.4, 0.5) is 8.78 Å². The van der Waals surface area contributed by atoms with E-state index in [0.717, 1.165) is 21.0 Å². The lowest BCUT2D eigenvalue weighted by atomic mass is 9.85. The summed E-state index contributed by atoms with van der Waals surface area (Å²) in [5, 5.41) is 15.5. The Balaban J connectivity index is 1.57. The second kappa shape index (κ2) is 11.6. The largest absolute Gasteiger partial charge is 0.388 e. The van der Waals surface area contributed by atoms with Gasteiger partial charge in [-0.05, 0) is 43.2 Å². The maximum Gasteiger partial charge on any atom is 0.258 e. The number of benzene rings is 1. The van der Waals surface area contributed by atoms with Crippen molar-refractivity contribution in [1.82, 2.24) is 20.5 Å². The minimum Gasteiger partial charge on any atom is -0.388 e. The molecule has 1 saturated heterocycles. The molecule has 0 radical (unpaired) electrons. The van der Waals surface area contributed by atoms with Crippen molar-refractivity contribution in [1.29, 1.82) is 0 Å². The number of hydrogen-bond donors (Lipinski definition) is 3. The van der Waals surface area contributed by atoms with Crippen LogP contribution in [0.5, 0.6) is 0 Å². The second-order valence-corrected chi connectivity index (χ2v) is 12.9. The van der Waals surface area contributed by atoms with Gasteiger partial charge < -0.3 is 20.6 Å². The molecule has 2 heterocycles. The smallest absolute Gasteiger partial charge is 0.258 e. The molecule has 3 N–H and O–H groups in total. The highest BCUT2D eigenvalue weighted by Gasteiger charge is 2.54. The van der Waals surface area contributed by atoms with E-state index >= 15 is 4.39 Å². The predicted octanol–water partition coefficient (Wildman–Crippen LogP) is 3.20. The fraction of sp³-hybridized carbons (Fsp3) is 0.552. The van der Waals surface area contributed by atoms with E-state index in [0.29, 0.717) is 5.56 Å². The summed E-state index contributed by atoms with van der Waals surface area (Å²) in [4.78, 5) is 57.9. The van der Waals surface area contributed by atoms with Gasteiger partial charge in [0.15, 0.2) is 11.8 Å². The van der Waals surface area contributed by atoms with Gasteiger partial charge in [-0.15, -0.1) is 11.3 Å². The molecular weight excluding hydrogens is 554 g/mol. The number of β-amino-alcohol motifs (C(OH)–C–C–N with tert-alkyl or cyclic N) is 1. The molecule has 1 aromatic carbocycles. The lowest BCUT2D eigenvalue weighted by Gasteiger charge is -2.36.